The summed E-state index contributed by atoms with van der Waals surface area (Å²) in [6, 6.07) is 5.38. The minimum absolute atomic E-state index is 0.610. The highest BCUT2D eigenvalue weighted by molar-refractivity contribution is 9.10. The van der Waals surface area contributed by atoms with Gasteiger partial charge >= 0.3 is 0 Å². The number of hydrogen-bond acceptors (Lipinski definition) is 2. The molecule has 2 rings (SSSR count). The Morgan fingerprint density at radius 3 is 2.75 bits per heavy atom. The van der Waals surface area contributed by atoms with E-state index in [1.165, 1.54) is 0 Å². The molecule has 0 unspecified atom stereocenters. The lowest BCUT2D eigenvalue weighted by Crippen LogP contribution is -1.96. The summed E-state index contributed by atoms with van der Waals surface area (Å²) in [7, 11) is 0. The lowest BCUT2D eigenvalue weighted by atomic mass is 10.2. The minimum Gasteiger partial charge on any atom is -0.298 e. The minimum atomic E-state index is 0.610. The normalized spacial score (nSPS) is 10.4. The first-order valence-electron chi connectivity index (χ1n) is 4.58. The van der Waals surface area contributed by atoms with Crippen LogP contribution in [0.4, 0.5) is 0 Å². The van der Waals surface area contributed by atoms with Crippen molar-refractivity contribution in [3.8, 4) is 5.69 Å². The summed E-state index contributed by atoms with van der Waals surface area (Å²) in [6.45, 7) is 1.84. The van der Waals surface area contributed by atoms with Crippen LogP contribution >= 0.6 is 27.5 Å². The van der Waals surface area contributed by atoms with E-state index in [1.54, 1.807) is 16.9 Å². The second kappa shape index (κ2) is 4.39. The number of hydrogen-bond donors (Lipinski definition) is 0. The van der Waals surface area contributed by atoms with Gasteiger partial charge in [-0.3, -0.25) is 4.79 Å². The predicted octanol–water partition coefficient (Wildman–Crippen LogP) is 3.41. The van der Waals surface area contributed by atoms with Crippen LogP contribution in [-0.4, -0.2) is 16.1 Å². The molecule has 0 aliphatic heterocycles. The van der Waals surface area contributed by atoms with Crippen LogP contribution in [-0.2, 0) is 0 Å². The van der Waals surface area contributed by atoms with E-state index in [4.69, 9.17) is 11.6 Å². The molecule has 2 aromatic rings. The number of aryl methyl sites for hydroxylation is 1. The first kappa shape index (κ1) is 11.4. The van der Waals surface area contributed by atoms with E-state index in [0.29, 0.717) is 10.6 Å². The second-order valence-electron chi connectivity index (χ2n) is 3.33. The molecule has 1 aromatic carbocycles. The van der Waals surface area contributed by atoms with Crippen molar-refractivity contribution in [2.24, 2.45) is 0 Å². The van der Waals surface area contributed by atoms with Crippen LogP contribution in [0, 0.1) is 6.92 Å². The Kier molecular flexibility index (Phi) is 3.12. The van der Waals surface area contributed by atoms with Crippen LogP contribution in [0.3, 0.4) is 0 Å². The van der Waals surface area contributed by atoms with Crippen LogP contribution in [0.2, 0.25) is 5.02 Å². The van der Waals surface area contributed by atoms with Crippen molar-refractivity contribution in [1.29, 1.82) is 0 Å². The Balaban J connectivity index is 2.48. The largest absolute Gasteiger partial charge is 0.298 e. The number of rotatable bonds is 2. The number of aldehydes is 1. The molecule has 16 heavy (non-hydrogen) atoms. The Labute approximate surface area is 106 Å². The summed E-state index contributed by atoms with van der Waals surface area (Å²) >= 11 is 9.25. The van der Waals surface area contributed by atoms with Crippen molar-refractivity contribution in [2.45, 2.75) is 6.92 Å². The highest BCUT2D eigenvalue weighted by atomic mass is 79.9. The van der Waals surface area contributed by atoms with Gasteiger partial charge < -0.3 is 0 Å². The second-order valence-corrected chi connectivity index (χ2v) is 4.59. The van der Waals surface area contributed by atoms with Crippen LogP contribution in [0.1, 0.15) is 16.1 Å². The monoisotopic (exact) mass is 298 g/mol. The molecule has 1 aromatic heterocycles. The molecule has 0 saturated heterocycles. The highest BCUT2D eigenvalue weighted by Crippen LogP contribution is 2.21. The topological polar surface area (TPSA) is 34.9 Å². The van der Waals surface area contributed by atoms with E-state index in [-0.39, 0.29) is 0 Å². The Bertz CT molecular complexity index is 531. The van der Waals surface area contributed by atoms with Crippen molar-refractivity contribution < 1.29 is 4.79 Å². The maximum absolute atomic E-state index is 10.7. The van der Waals surface area contributed by atoms with E-state index in [9.17, 15) is 4.79 Å². The number of carbonyl (C=O) groups excluding carboxylic acids is 1. The summed E-state index contributed by atoms with van der Waals surface area (Å²) in [4.78, 5) is 10.7. The van der Waals surface area contributed by atoms with Crippen LogP contribution in [0.5, 0.6) is 0 Å². The number of nitrogens with zero attached hydrogens (tertiary/aromatic N) is 2. The molecule has 0 bridgehead atoms. The maximum Gasteiger partial charge on any atom is 0.151 e. The molecule has 0 aliphatic carbocycles. The molecule has 1 heterocycles. The Hall–Kier alpha value is -1.13. The van der Waals surface area contributed by atoms with Gasteiger partial charge in [0, 0.05) is 16.2 Å². The van der Waals surface area contributed by atoms with E-state index < -0.39 is 0 Å². The zero-order valence-electron chi connectivity index (χ0n) is 8.45. The molecule has 0 N–H and O–H groups in total. The molecule has 0 saturated carbocycles. The molecule has 82 valence electrons. The van der Waals surface area contributed by atoms with Crippen molar-refractivity contribution in [3.05, 3.63) is 45.1 Å². The molecule has 0 fully saturated rings. The van der Waals surface area contributed by atoms with Gasteiger partial charge in [-0.15, -0.1) is 0 Å². The van der Waals surface area contributed by atoms with E-state index >= 15 is 0 Å². The summed E-state index contributed by atoms with van der Waals surface area (Å²) in [5, 5.41) is 4.87. The third-order valence-electron chi connectivity index (χ3n) is 2.21. The van der Waals surface area contributed by atoms with Gasteiger partial charge in [-0.05, 0) is 41.1 Å². The predicted molar refractivity (Wildman–Crippen MR) is 66.4 cm³/mol. The highest BCUT2D eigenvalue weighted by Gasteiger charge is 2.06. The zero-order valence-corrected chi connectivity index (χ0v) is 10.8. The molecule has 5 heteroatoms. The Morgan fingerprint density at radius 2 is 2.25 bits per heavy atom. The fourth-order valence-corrected chi connectivity index (χ4v) is 1.92. The average molecular weight is 300 g/mol. The molecular formula is C11H8BrClN2O. The zero-order chi connectivity index (χ0) is 11.7. The SMILES string of the molecule is Cc1nn(-c2ccc(C=O)c(Br)c2)cc1Cl. The van der Waals surface area contributed by atoms with E-state index in [1.807, 2.05) is 19.1 Å². The van der Waals surface area contributed by atoms with Gasteiger partial charge in [-0.1, -0.05) is 11.6 Å². The van der Waals surface area contributed by atoms with Gasteiger partial charge in [-0.2, -0.15) is 5.10 Å². The summed E-state index contributed by atoms with van der Waals surface area (Å²) in [6.07, 6.45) is 2.54. The molecule has 0 atom stereocenters. The van der Waals surface area contributed by atoms with Gasteiger partial charge in [0.25, 0.3) is 0 Å². The average Bonchev–Trinajstić information content (AvgIpc) is 2.59. The molecular weight excluding hydrogens is 291 g/mol. The molecule has 3 nitrogen and oxygen atoms in total. The van der Waals surface area contributed by atoms with Gasteiger partial charge in [0.1, 0.15) is 0 Å². The molecule has 0 spiro atoms. The van der Waals surface area contributed by atoms with Crippen molar-refractivity contribution in [2.75, 3.05) is 0 Å². The quantitative estimate of drug-likeness (QED) is 0.797. The van der Waals surface area contributed by atoms with Crippen LogP contribution in [0.15, 0.2) is 28.9 Å². The number of aromatic nitrogens is 2. The standard InChI is InChI=1S/C11H8BrClN2O/c1-7-11(13)5-15(14-7)9-3-2-8(6-16)10(12)4-9/h2-6H,1H3. The fraction of sp³-hybridized carbons (Fsp3) is 0.0909. The molecule has 0 radical (unpaired) electrons. The van der Waals surface area contributed by atoms with Crippen LogP contribution < -0.4 is 0 Å². The number of carbonyl (C=O) groups is 1. The molecule has 0 aliphatic rings. The van der Waals surface area contributed by atoms with Crippen LogP contribution in [0.25, 0.3) is 5.69 Å². The van der Waals surface area contributed by atoms with Gasteiger partial charge in [0.2, 0.25) is 0 Å². The lowest BCUT2D eigenvalue weighted by molar-refractivity contribution is 0.112. The lowest BCUT2D eigenvalue weighted by Gasteiger charge is -2.03. The van der Waals surface area contributed by atoms with Gasteiger partial charge in [0.15, 0.2) is 6.29 Å². The maximum atomic E-state index is 10.7. The van der Waals surface area contributed by atoms with E-state index in [0.717, 1.165) is 22.1 Å². The van der Waals surface area contributed by atoms with E-state index in [2.05, 4.69) is 21.0 Å². The third kappa shape index (κ3) is 2.03. The smallest absolute Gasteiger partial charge is 0.151 e. The first-order chi connectivity index (χ1) is 7.61. The summed E-state index contributed by atoms with van der Waals surface area (Å²) in [5.41, 5.74) is 2.24. The third-order valence-corrected chi connectivity index (χ3v) is 3.27. The summed E-state index contributed by atoms with van der Waals surface area (Å²) < 4.78 is 2.42. The molecule has 0 amide bonds. The van der Waals surface area contributed by atoms with Crippen molar-refractivity contribution in [3.63, 3.8) is 0 Å². The number of halogens is 2. The number of benzene rings is 1. The van der Waals surface area contributed by atoms with Gasteiger partial charge in [0.05, 0.1) is 16.4 Å². The summed E-state index contributed by atoms with van der Waals surface area (Å²) in [5.74, 6) is 0. The van der Waals surface area contributed by atoms with Crippen molar-refractivity contribution in [1.82, 2.24) is 9.78 Å². The van der Waals surface area contributed by atoms with Gasteiger partial charge in [-0.25, -0.2) is 4.68 Å². The Morgan fingerprint density at radius 1 is 1.50 bits per heavy atom. The fourth-order valence-electron chi connectivity index (χ4n) is 1.33. The first-order valence-corrected chi connectivity index (χ1v) is 5.76. The van der Waals surface area contributed by atoms with Crippen molar-refractivity contribution >= 4 is 33.8 Å².